The fourth-order valence-corrected chi connectivity index (χ4v) is 2.34. The zero-order chi connectivity index (χ0) is 16.9. The maximum Gasteiger partial charge on any atom is 0.269 e. The van der Waals surface area contributed by atoms with Crippen LogP contribution in [0.15, 0.2) is 59.8 Å². The third-order valence-electron chi connectivity index (χ3n) is 3.53. The Labute approximate surface area is 137 Å². The smallest absolute Gasteiger partial charge is 0.269 e. The third kappa shape index (κ3) is 3.46. The number of hydrazone groups is 1. The molecule has 1 heterocycles. The van der Waals surface area contributed by atoms with Crippen LogP contribution >= 0.6 is 0 Å². The lowest BCUT2D eigenvalue weighted by Crippen LogP contribution is -2.19. The van der Waals surface area contributed by atoms with Crippen LogP contribution in [0.2, 0.25) is 0 Å². The summed E-state index contributed by atoms with van der Waals surface area (Å²) in [5, 5.41) is 15.6. The van der Waals surface area contributed by atoms with E-state index in [0.29, 0.717) is 5.56 Å². The SMILES string of the molecule is O=C(Cc1ccc([N+](=O)[O-])cc1)N/N=C/c1c[nH]c2ccccc12. The lowest BCUT2D eigenvalue weighted by molar-refractivity contribution is -0.384. The van der Waals surface area contributed by atoms with Crippen molar-refractivity contribution >= 4 is 28.7 Å². The van der Waals surface area contributed by atoms with Crippen LogP contribution in [0.4, 0.5) is 5.69 Å². The van der Waals surface area contributed by atoms with Gasteiger partial charge in [0.15, 0.2) is 0 Å². The molecule has 0 fully saturated rings. The number of hydrogen-bond acceptors (Lipinski definition) is 4. The average molecular weight is 322 g/mol. The van der Waals surface area contributed by atoms with Gasteiger partial charge in [0.2, 0.25) is 5.91 Å². The Morgan fingerprint density at radius 1 is 1.21 bits per heavy atom. The molecule has 2 N–H and O–H groups in total. The van der Waals surface area contributed by atoms with E-state index in [1.165, 1.54) is 12.1 Å². The van der Waals surface area contributed by atoms with Gasteiger partial charge in [0.1, 0.15) is 0 Å². The van der Waals surface area contributed by atoms with E-state index in [-0.39, 0.29) is 18.0 Å². The molecular formula is C17H14N4O3. The molecule has 24 heavy (non-hydrogen) atoms. The van der Waals surface area contributed by atoms with Gasteiger partial charge in [-0.1, -0.05) is 30.3 Å². The number of amides is 1. The molecule has 0 saturated carbocycles. The molecule has 0 unspecified atom stereocenters. The van der Waals surface area contributed by atoms with E-state index < -0.39 is 4.92 Å². The summed E-state index contributed by atoms with van der Waals surface area (Å²) >= 11 is 0. The molecule has 2 aromatic carbocycles. The first-order chi connectivity index (χ1) is 11.6. The maximum atomic E-state index is 11.9. The van der Waals surface area contributed by atoms with Crippen LogP contribution in [0.3, 0.4) is 0 Å². The maximum absolute atomic E-state index is 11.9. The summed E-state index contributed by atoms with van der Waals surface area (Å²) in [5.41, 5.74) is 5.00. The normalized spacial score (nSPS) is 11.0. The molecular weight excluding hydrogens is 308 g/mol. The highest BCUT2D eigenvalue weighted by Gasteiger charge is 2.07. The Morgan fingerprint density at radius 3 is 2.71 bits per heavy atom. The first-order valence-electron chi connectivity index (χ1n) is 7.25. The number of benzene rings is 2. The van der Waals surface area contributed by atoms with Crippen LogP contribution in [0.5, 0.6) is 0 Å². The van der Waals surface area contributed by atoms with Crippen LogP contribution in [0.1, 0.15) is 11.1 Å². The molecule has 0 radical (unpaired) electrons. The summed E-state index contributed by atoms with van der Waals surface area (Å²) in [4.78, 5) is 25.1. The van der Waals surface area contributed by atoms with Gasteiger partial charge < -0.3 is 4.98 Å². The average Bonchev–Trinajstić information content (AvgIpc) is 2.99. The predicted octanol–water partition coefficient (Wildman–Crippen LogP) is 2.77. The number of non-ortho nitro benzene ring substituents is 1. The molecule has 1 amide bonds. The summed E-state index contributed by atoms with van der Waals surface area (Å²) in [5.74, 6) is -0.292. The minimum absolute atomic E-state index is 0.00323. The summed E-state index contributed by atoms with van der Waals surface area (Å²) in [6.45, 7) is 0. The zero-order valence-corrected chi connectivity index (χ0v) is 12.6. The van der Waals surface area contributed by atoms with Gasteiger partial charge >= 0.3 is 0 Å². The Hall–Kier alpha value is -3.48. The highest BCUT2D eigenvalue weighted by atomic mass is 16.6. The molecule has 0 aliphatic rings. The predicted molar refractivity (Wildman–Crippen MR) is 90.8 cm³/mol. The molecule has 0 bridgehead atoms. The van der Waals surface area contributed by atoms with Crippen molar-refractivity contribution in [2.75, 3.05) is 0 Å². The Morgan fingerprint density at radius 2 is 1.96 bits per heavy atom. The largest absolute Gasteiger partial charge is 0.361 e. The monoisotopic (exact) mass is 322 g/mol. The van der Waals surface area contributed by atoms with Crippen molar-refractivity contribution in [3.8, 4) is 0 Å². The van der Waals surface area contributed by atoms with Gasteiger partial charge in [0, 0.05) is 34.8 Å². The third-order valence-corrected chi connectivity index (χ3v) is 3.53. The quantitative estimate of drug-likeness (QED) is 0.429. The number of H-pyrrole nitrogens is 1. The van der Waals surface area contributed by atoms with E-state index in [0.717, 1.165) is 16.5 Å². The minimum atomic E-state index is -0.477. The summed E-state index contributed by atoms with van der Waals surface area (Å²) in [7, 11) is 0. The lowest BCUT2D eigenvalue weighted by atomic mass is 10.1. The molecule has 0 atom stereocenters. The van der Waals surface area contributed by atoms with E-state index in [1.54, 1.807) is 18.3 Å². The van der Waals surface area contributed by atoms with E-state index in [2.05, 4.69) is 15.5 Å². The Balaban J connectivity index is 1.60. The van der Waals surface area contributed by atoms with Gasteiger partial charge in [-0.25, -0.2) is 5.43 Å². The number of nitrogens with one attached hydrogen (secondary N) is 2. The van der Waals surface area contributed by atoms with Gasteiger partial charge in [0.05, 0.1) is 17.6 Å². The first-order valence-corrected chi connectivity index (χ1v) is 7.25. The Kier molecular flexibility index (Phi) is 4.33. The van der Waals surface area contributed by atoms with Crippen molar-refractivity contribution < 1.29 is 9.72 Å². The standard InChI is InChI=1S/C17H14N4O3/c22-17(9-12-5-7-14(8-6-12)21(23)24)20-19-11-13-10-18-16-4-2-1-3-15(13)16/h1-8,10-11,18H,9H2,(H,20,22)/b19-11+. The van der Waals surface area contributed by atoms with Gasteiger partial charge in [0.25, 0.3) is 5.69 Å². The van der Waals surface area contributed by atoms with Gasteiger partial charge in [-0.2, -0.15) is 5.10 Å². The second-order valence-electron chi connectivity index (χ2n) is 5.18. The van der Waals surface area contributed by atoms with Crippen molar-refractivity contribution in [2.45, 2.75) is 6.42 Å². The van der Waals surface area contributed by atoms with Crippen molar-refractivity contribution in [2.24, 2.45) is 5.10 Å². The van der Waals surface area contributed by atoms with Crippen LogP contribution < -0.4 is 5.43 Å². The molecule has 3 aromatic rings. The van der Waals surface area contributed by atoms with Gasteiger partial charge in [-0.3, -0.25) is 14.9 Å². The topological polar surface area (TPSA) is 100 Å². The van der Waals surface area contributed by atoms with Gasteiger partial charge in [-0.05, 0) is 11.6 Å². The number of para-hydroxylation sites is 1. The number of hydrogen-bond donors (Lipinski definition) is 2. The number of aromatic nitrogens is 1. The number of rotatable bonds is 5. The van der Waals surface area contributed by atoms with E-state index in [9.17, 15) is 14.9 Å². The van der Waals surface area contributed by atoms with E-state index in [1.807, 2.05) is 30.5 Å². The second kappa shape index (κ2) is 6.74. The molecule has 0 aliphatic carbocycles. The lowest BCUT2D eigenvalue weighted by Gasteiger charge is -2.00. The fraction of sp³-hybridized carbons (Fsp3) is 0.0588. The molecule has 7 heteroatoms. The van der Waals surface area contributed by atoms with Crippen molar-refractivity contribution in [3.05, 3.63) is 76.0 Å². The van der Waals surface area contributed by atoms with Crippen LogP contribution in [0, 0.1) is 10.1 Å². The second-order valence-corrected chi connectivity index (χ2v) is 5.18. The molecule has 0 saturated heterocycles. The Bertz CT molecular complexity index is 913. The minimum Gasteiger partial charge on any atom is -0.361 e. The van der Waals surface area contributed by atoms with Gasteiger partial charge in [-0.15, -0.1) is 0 Å². The molecule has 3 rings (SSSR count). The first kappa shape index (κ1) is 15.4. The number of nitro benzene ring substituents is 1. The number of carbonyl (C=O) groups is 1. The fourth-order valence-electron chi connectivity index (χ4n) is 2.34. The summed E-state index contributed by atoms with van der Waals surface area (Å²) in [6, 6.07) is 13.6. The molecule has 120 valence electrons. The van der Waals surface area contributed by atoms with E-state index >= 15 is 0 Å². The number of nitrogens with zero attached hydrogens (tertiary/aromatic N) is 2. The highest BCUT2D eigenvalue weighted by molar-refractivity contribution is 5.99. The zero-order valence-electron chi connectivity index (χ0n) is 12.6. The number of nitro groups is 1. The van der Waals surface area contributed by atoms with Crippen molar-refractivity contribution in [3.63, 3.8) is 0 Å². The number of carbonyl (C=O) groups excluding carboxylic acids is 1. The van der Waals surface area contributed by atoms with Crippen LogP contribution in [0.25, 0.3) is 10.9 Å². The molecule has 0 aliphatic heterocycles. The molecule has 1 aromatic heterocycles. The van der Waals surface area contributed by atoms with Crippen LogP contribution in [-0.4, -0.2) is 22.0 Å². The van der Waals surface area contributed by atoms with Crippen LogP contribution in [-0.2, 0) is 11.2 Å². The number of fused-ring (bicyclic) bond motifs is 1. The molecule has 7 nitrogen and oxygen atoms in total. The number of aromatic amines is 1. The summed E-state index contributed by atoms with van der Waals surface area (Å²) in [6.07, 6.45) is 3.49. The summed E-state index contributed by atoms with van der Waals surface area (Å²) < 4.78 is 0. The molecule has 0 spiro atoms. The van der Waals surface area contributed by atoms with E-state index in [4.69, 9.17) is 0 Å². The van der Waals surface area contributed by atoms with Crippen molar-refractivity contribution in [1.29, 1.82) is 0 Å². The van der Waals surface area contributed by atoms with Crippen molar-refractivity contribution in [1.82, 2.24) is 10.4 Å². The highest BCUT2D eigenvalue weighted by Crippen LogP contribution is 2.15.